The molecular weight excluding hydrogens is 315 g/mol. The van der Waals surface area contributed by atoms with Crippen molar-refractivity contribution in [3.8, 4) is 0 Å². The molecule has 0 aliphatic heterocycles. The van der Waals surface area contributed by atoms with Crippen molar-refractivity contribution in [2.75, 3.05) is 7.11 Å². The van der Waals surface area contributed by atoms with Gasteiger partial charge in [-0.05, 0) is 24.3 Å². The van der Waals surface area contributed by atoms with E-state index in [1.165, 1.54) is 31.4 Å². The average molecular weight is 323 g/mol. The van der Waals surface area contributed by atoms with E-state index in [2.05, 4.69) is 18.9 Å². The predicted molar refractivity (Wildman–Crippen MR) is 64.3 cm³/mol. The normalized spacial score (nSPS) is 13.3. The van der Waals surface area contributed by atoms with Crippen LogP contribution in [0.3, 0.4) is 0 Å². The Morgan fingerprint density at radius 3 is 2.62 bits per heavy atom. The summed E-state index contributed by atoms with van der Waals surface area (Å²) >= 11 is -2.46. The summed E-state index contributed by atoms with van der Waals surface area (Å²) in [6, 6.07) is 5.42. The third-order valence-corrected chi connectivity index (χ3v) is 3.21. The fraction of sp³-hybridized carbons (Fsp3) is 0.182. The molecule has 0 aliphatic carbocycles. The number of benzene rings is 1. The molecule has 0 bridgehead atoms. The number of halogens is 3. The molecule has 114 valence electrons. The first-order chi connectivity index (χ1) is 9.80. The zero-order valence-electron chi connectivity index (χ0n) is 10.4. The van der Waals surface area contributed by atoms with Gasteiger partial charge < -0.3 is 9.72 Å². The van der Waals surface area contributed by atoms with Crippen LogP contribution in [0.4, 0.5) is 13.2 Å². The van der Waals surface area contributed by atoms with Crippen LogP contribution < -0.4 is 0 Å². The lowest BCUT2D eigenvalue weighted by Gasteiger charge is -2.05. The number of aromatic nitrogens is 1. The average Bonchev–Trinajstić information content (AvgIpc) is 2.85. The van der Waals surface area contributed by atoms with Gasteiger partial charge >= 0.3 is 12.3 Å². The summed E-state index contributed by atoms with van der Waals surface area (Å²) in [5.41, 5.74) is 0.677. The van der Waals surface area contributed by atoms with Crippen molar-refractivity contribution in [1.29, 1.82) is 0 Å². The minimum atomic E-state index is -5.05. The Kier molecular flexibility index (Phi) is 4.30. The molecule has 0 saturated carbocycles. The van der Waals surface area contributed by atoms with E-state index < -0.39 is 23.4 Å². The molecular formula is C11H8F3NO5S. The largest absolute Gasteiger partial charge is 0.550 e. The highest BCUT2D eigenvalue weighted by atomic mass is 32.2. The van der Waals surface area contributed by atoms with Crippen LogP contribution in [0.1, 0.15) is 10.5 Å². The molecule has 6 nitrogen and oxygen atoms in total. The molecule has 21 heavy (non-hydrogen) atoms. The van der Waals surface area contributed by atoms with Crippen molar-refractivity contribution in [2.24, 2.45) is 0 Å². The van der Waals surface area contributed by atoms with E-state index in [0.29, 0.717) is 10.9 Å². The number of fused-ring (bicyclic) bond motifs is 1. The summed E-state index contributed by atoms with van der Waals surface area (Å²) in [6.07, 6.45) is -5.05. The van der Waals surface area contributed by atoms with E-state index in [1.807, 2.05) is 0 Å². The number of H-pyrrole nitrogens is 1. The van der Waals surface area contributed by atoms with Crippen molar-refractivity contribution >= 4 is 28.0 Å². The van der Waals surface area contributed by atoms with Crippen LogP contribution in [-0.2, 0) is 25.0 Å². The van der Waals surface area contributed by atoms with Gasteiger partial charge in [-0.3, -0.25) is 0 Å². The standard InChI is InChI=1S/C11H8F3NO5S/c1-18-10(16)9-5-6-4-7(2-3-8(6)15-9)21(17)20-19-11(12,13)14/h2-5,15H,1H3. The van der Waals surface area contributed by atoms with Crippen molar-refractivity contribution in [3.63, 3.8) is 0 Å². The lowest BCUT2D eigenvalue weighted by molar-refractivity contribution is -0.442. The van der Waals surface area contributed by atoms with E-state index >= 15 is 0 Å². The Hall–Kier alpha value is -1.91. The quantitative estimate of drug-likeness (QED) is 0.531. The summed E-state index contributed by atoms with van der Waals surface area (Å²) in [6.45, 7) is 0. The highest BCUT2D eigenvalue weighted by Crippen LogP contribution is 2.22. The second-order valence-corrected chi connectivity index (χ2v) is 4.83. The van der Waals surface area contributed by atoms with Crippen LogP contribution in [0.2, 0.25) is 0 Å². The zero-order valence-corrected chi connectivity index (χ0v) is 11.2. The van der Waals surface area contributed by atoms with Crippen molar-refractivity contribution < 1.29 is 36.1 Å². The van der Waals surface area contributed by atoms with E-state index in [1.54, 1.807) is 0 Å². The smallest absolute Gasteiger partial charge is 0.464 e. The predicted octanol–water partition coefficient (Wildman–Crippen LogP) is 2.45. The number of carbonyl (C=O) groups excluding carboxylic acids is 1. The van der Waals surface area contributed by atoms with Gasteiger partial charge in [-0.1, -0.05) is 0 Å². The fourth-order valence-corrected chi connectivity index (χ4v) is 2.16. The SMILES string of the molecule is COC(=O)c1cc2cc(S(=O)OOC(F)(F)F)ccc2[nH]1. The number of nitrogens with one attached hydrogen (secondary N) is 1. The number of aromatic amines is 1. The number of rotatable bonds is 4. The van der Waals surface area contributed by atoms with Crippen LogP contribution in [0, 0.1) is 0 Å². The molecule has 0 radical (unpaired) electrons. The number of carbonyl (C=O) groups is 1. The molecule has 0 spiro atoms. The Balaban J connectivity index is 2.22. The van der Waals surface area contributed by atoms with Gasteiger partial charge in [0.25, 0.3) is 0 Å². The van der Waals surface area contributed by atoms with Crippen molar-refractivity contribution in [3.05, 3.63) is 30.0 Å². The third kappa shape index (κ3) is 3.80. The maximum Gasteiger partial charge on any atom is 0.550 e. The highest BCUT2D eigenvalue weighted by Gasteiger charge is 2.32. The first kappa shape index (κ1) is 15.5. The van der Waals surface area contributed by atoms with Gasteiger partial charge in [-0.25, -0.2) is 9.00 Å². The number of hydrogen-bond donors (Lipinski definition) is 1. The summed E-state index contributed by atoms with van der Waals surface area (Å²) < 4.78 is 55.1. The monoisotopic (exact) mass is 323 g/mol. The van der Waals surface area contributed by atoms with Crippen LogP contribution in [0.25, 0.3) is 10.9 Å². The lowest BCUT2D eigenvalue weighted by Crippen LogP contribution is -2.14. The van der Waals surface area contributed by atoms with Crippen LogP contribution >= 0.6 is 0 Å². The zero-order chi connectivity index (χ0) is 15.6. The van der Waals surface area contributed by atoms with Crippen molar-refractivity contribution in [2.45, 2.75) is 11.3 Å². The minimum Gasteiger partial charge on any atom is -0.464 e. The summed E-state index contributed by atoms with van der Waals surface area (Å²) in [5, 5.41) is 0.455. The van der Waals surface area contributed by atoms with Gasteiger partial charge in [0.05, 0.1) is 12.0 Å². The molecule has 0 aliphatic rings. The molecule has 2 rings (SSSR count). The lowest BCUT2D eigenvalue weighted by atomic mass is 10.2. The molecule has 1 aromatic heterocycles. The molecule has 1 atom stereocenters. The molecule has 0 fully saturated rings. The number of alkyl halides is 3. The van der Waals surface area contributed by atoms with E-state index in [4.69, 9.17) is 0 Å². The number of hydrogen-bond acceptors (Lipinski definition) is 5. The molecule has 1 heterocycles. The minimum absolute atomic E-state index is 0.0536. The van der Waals surface area contributed by atoms with Gasteiger partial charge in [0, 0.05) is 10.9 Å². The first-order valence-electron chi connectivity index (χ1n) is 5.36. The fourth-order valence-electron chi connectivity index (χ4n) is 1.54. The van der Waals surface area contributed by atoms with Gasteiger partial charge in [0.2, 0.25) is 11.1 Å². The third-order valence-electron chi connectivity index (χ3n) is 2.38. The summed E-state index contributed by atoms with van der Waals surface area (Å²) in [4.78, 5) is 17.1. The van der Waals surface area contributed by atoms with Crippen LogP contribution in [-0.4, -0.2) is 28.6 Å². The maximum atomic E-state index is 11.8. The van der Waals surface area contributed by atoms with E-state index in [0.717, 1.165) is 0 Å². The Bertz CT molecular complexity index is 697. The topological polar surface area (TPSA) is 77.6 Å². The van der Waals surface area contributed by atoms with Gasteiger partial charge in [-0.2, -0.15) is 0 Å². The number of methoxy groups -OCH3 is 1. The number of esters is 1. The molecule has 1 unspecified atom stereocenters. The summed E-state index contributed by atoms with van der Waals surface area (Å²) in [7, 11) is 1.21. The van der Waals surface area contributed by atoms with Crippen LogP contribution in [0.5, 0.6) is 0 Å². The molecule has 10 heteroatoms. The van der Waals surface area contributed by atoms with Gasteiger partial charge in [0.15, 0.2) is 0 Å². The molecule has 0 saturated heterocycles. The Morgan fingerprint density at radius 2 is 2.00 bits per heavy atom. The molecule has 2 aromatic rings. The number of ether oxygens (including phenoxy) is 1. The van der Waals surface area contributed by atoms with Gasteiger partial charge in [0.1, 0.15) is 5.69 Å². The van der Waals surface area contributed by atoms with E-state index in [-0.39, 0.29) is 10.6 Å². The Labute approximate surface area is 118 Å². The van der Waals surface area contributed by atoms with Crippen LogP contribution in [0.15, 0.2) is 29.2 Å². The first-order valence-corrected chi connectivity index (χ1v) is 6.43. The van der Waals surface area contributed by atoms with E-state index in [9.17, 15) is 22.2 Å². The van der Waals surface area contributed by atoms with Crippen molar-refractivity contribution in [1.82, 2.24) is 4.98 Å². The molecule has 1 N–H and O–H groups in total. The highest BCUT2D eigenvalue weighted by molar-refractivity contribution is 7.80. The molecule has 1 aromatic carbocycles. The maximum absolute atomic E-state index is 11.8. The van der Waals surface area contributed by atoms with Gasteiger partial charge in [-0.15, -0.1) is 22.4 Å². The second-order valence-electron chi connectivity index (χ2n) is 3.76. The summed E-state index contributed by atoms with van der Waals surface area (Å²) in [5.74, 6) is -0.606. The second kappa shape index (κ2) is 5.84. The molecule has 0 amide bonds. The Morgan fingerprint density at radius 1 is 1.29 bits per heavy atom.